The largest absolute Gasteiger partial charge is 0.423 e. The Morgan fingerprint density at radius 3 is 2.56 bits per heavy atom. The number of nitriles is 1. The third kappa shape index (κ3) is 4.24. The molecular formula is C26H16ClF5N4O3. The maximum Gasteiger partial charge on any atom is 0.423 e. The maximum atomic E-state index is 14.1. The number of amides is 3. The summed E-state index contributed by atoms with van der Waals surface area (Å²) in [7, 11) is 0. The predicted octanol–water partition coefficient (Wildman–Crippen LogP) is 5.32. The van der Waals surface area contributed by atoms with Crippen molar-refractivity contribution in [3.8, 4) is 6.07 Å². The van der Waals surface area contributed by atoms with Gasteiger partial charge in [0.25, 0.3) is 5.91 Å². The SMILES string of the molecule is N#CCc1ccc(NC(=O)N2C[C@@](O)(C(F)(F)F)c3cc(F)ccc32)c2c1C(=O)N[C@H]2c1cc(F)ccc1Cl. The number of alkyl halides is 3. The van der Waals surface area contributed by atoms with Crippen LogP contribution >= 0.6 is 11.6 Å². The fourth-order valence-corrected chi connectivity index (χ4v) is 5.13. The molecule has 3 N–H and O–H groups in total. The van der Waals surface area contributed by atoms with Gasteiger partial charge in [0, 0.05) is 27.4 Å². The first-order chi connectivity index (χ1) is 18.4. The molecule has 3 aromatic rings. The van der Waals surface area contributed by atoms with E-state index in [9.17, 15) is 41.9 Å². The van der Waals surface area contributed by atoms with Crippen molar-refractivity contribution in [2.45, 2.75) is 24.2 Å². The smallest absolute Gasteiger partial charge is 0.375 e. The highest BCUT2D eigenvalue weighted by molar-refractivity contribution is 6.31. The second-order valence-corrected chi connectivity index (χ2v) is 9.41. The molecule has 39 heavy (non-hydrogen) atoms. The Bertz CT molecular complexity index is 1590. The third-order valence-electron chi connectivity index (χ3n) is 6.70. The van der Waals surface area contributed by atoms with Crippen LogP contribution in [0, 0.1) is 23.0 Å². The Hall–Kier alpha value is -4.21. The number of halogens is 6. The molecule has 5 rings (SSSR count). The van der Waals surface area contributed by atoms with Crippen LogP contribution in [0.4, 0.5) is 38.1 Å². The molecule has 0 spiro atoms. The van der Waals surface area contributed by atoms with Crippen molar-refractivity contribution >= 4 is 34.9 Å². The van der Waals surface area contributed by atoms with Crippen molar-refractivity contribution in [1.82, 2.24) is 5.32 Å². The molecule has 0 radical (unpaired) electrons. The summed E-state index contributed by atoms with van der Waals surface area (Å²) in [6.45, 7) is -1.26. The number of urea groups is 1. The molecule has 0 unspecified atom stereocenters. The van der Waals surface area contributed by atoms with Crippen molar-refractivity contribution in [2.75, 3.05) is 16.8 Å². The molecule has 0 aromatic heterocycles. The fourth-order valence-electron chi connectivity index (χ4n) is 4.90. The number of nitrogens with one attached hydrogen (secondary N) is 2. The number of benzene rings is 3. The van der Waals surface area contributed by atoms with E-state index in [-0.39, 0.29) is 39.5 Å². The molecule has 13 heteroatoms. The lowest BCUT2D eigenvalue weighted by atomic mass is 9.92. The van der Waals surface area contributed by atoms with Gasteiger partial charge in [0.1, 0.15) is 11.6 Å². The standard InChI is InChI=1S/C26H16ClF5N4O3/c27-17-4-2-13(28)9-15(17)22-21-18(5-1-12(7-8-33)20(21)23(37)35-22)34-24(38)36-11-25(39,26(30,31)32)16-10-14(29)3-6-19(16)36/h1-6,9-10,22,39H,7,11H2,(H,34,38)(H,35,37)/t22-,25-/m0/s1. The Morgan fingerprint density at radius 2 is 1.87 bits per heavy atom. The average Bonchev–Trinajstić information content (AvgIpc) is 3.38. The summed E-state index contributed by atoms with van der Waals surface area (Å²) in [5, 5.41) is 24.9. The van der Waals surface area contributed by atoms with Gasteiger partial charge in [-0.25, -0.2) is 13.6 Å². The summed E-state index contributed by atoms with van der Waals surface area (Å²) in [5.74, 6) is -2.34. The maximum absolute atomic E-state index is 14.1. The minimum absolute atomic E-state index is 0.0235. The van der Waals surface area contributed by atoms with Crippen LogP contribution in [-0.2, 0) is 12.0 Å². The molecule has 0 fully saturated rings. The molecule has 200 valence electrons. The number of carbonyl (C=O) groups excluding carboxylic acids is 2. The highest BCUT2D eigenvalue weighted by Crippen LogP contribution is 2.49. The molecule has 2 aliphatic heterocycles. The third-order valence-corrected chi connectivity index (χ3v) is 7.04. The quantitative estimate of drug-likeness (QED) is 0.376. The number of carbonyl (C=O) groups is 2. The first-order valence-corrected chi connectivity index (χ1v) is 11.7. The van der Waals surface area contributed by atoms with Crippen molar-refractivity contribution in [2.24, 2.45) is 0 Å². The van der Waals surface area contributed by atoms with Gasteiger partial charge in [0.15, 0.2) is 0 Å². The summed E-state index contributed by atoms with van der Waals surface area (Å²) in [6, 6.07) is 8.23. The number of nitrogens with zero attached hydrogens (tertiary/aromatic N) is 2. The Morgan fingerprint density at radius 1 is 1.18 bits per heavy atom. The lowest BCUT2D eigenvalue weighted by Crippen LogP contribution is -2.48. The van der Waals surface area contributed by atoms with Crippen LogP contribution in [-0.4, -0.2) is 29.8 Å². The van der Waals surface area contributed by atoms with Gasteiger partial charge < -0.3 is 15.7 Å². The minimum atomic E-state index is -5.24. The summed E-state index contributed by atoms with van der Waals surface area (Å²) >= 11 is 6.27. The molecule has 3 aromatic carbocycles. The average molecular weight is 563 g/mol. The fraction of sp³-hybridized carbons (Fsp3) is 0.192. The molecule has 3 amide bonds. The zero-order chi connectivity index (χ0) is 28.3. The summed E-state index contributed by atoms with van der Waals surface area (Å²) in [5.41, 5.74) is -4.19. The van der Waals surface area contributed by atoms with E-state index in [1.165, 1.54) is 18.2 Å². The van der Waals surface area contributed by atoms with E-state index < -0.39 is 53.5 Å². The van der Waals surface area contributed by atoms with E-state index in [0.29, 0.717) is 16.5 Å². The van der Waals surface area contributed by atoms with Gasteiger partial charge in [0.05, 0.1) is 36.3 Å². The van der Waals surface area contributed by atoms with E-state index >= 15 is 0 Å². The second-order valence-electron chi connectivity index (χ2n) is 9.00. The number of anilines is 2. The Balaban J connectivity index is 1.59. The van der Waals surface area contributed by atoms with E-state index in [4.69, 9.17) is 11.6 Å². The van der Waals surface area contributed by atoms with Crippen LogP contribution in [0.25, 0.3) is 0 Å². The van der Waals surface area contributed by atoms with Gasteiger partial charge in [-0.15, -0.1) is 0 Å². The van der Waals surface area contributed by atoms with Crippen molar-refractivity contribution in [1.29, 1.82) is 5.26 Å². The Labute approximate surface area is 222 Å². The van der Waals surface area contributed by atoms with E-state index in [1.807, 2.05) is 6.07 Å². The molecule has 0 bridgehead atoms. The molecule has 0 saturated heterocycles. The number of β-amino-alcohol motifs (C(OH)–C–C–N with tert-alkyl or cyclic N) is 1. The van der Waals surface area contributed by atoms with Crippen molar-refractivity contribution in [3.05, 3.63) is 93.0 Å². The van der Waals surface area contributed by atoms with Crippen LogP contribution in [0.2, 0.25) is 5.02 Å². The van der Waals surface area contributed by atoms with Crippen LogP contribution in [0.15, 0.2) is 48.5 Å². The Kier molecular flexibility index (Phi) is 6.24. The van der Waals surface area contributed by atoms with Gasteiger partial charge in [-0.2, -0.15) is 18.4 Å². The van der Waals surface area contributed by atoms with Crippen molar-refractivity contribution in [3.63, 3.8) is 0 Å². The summed E-state index contributed by atoms with van der Waals surface area (Å²) in [4.78, 5) is 26.9. The second kappa shape index (κ2) is 9.21. The first-order valence-electron chi connectivity index (χ1n) is 11.3. The highest BCUT2D eigenvalue weighted by Gasteiger charge is 2.61. The number of rotatable bonds is 3. The number of hydrogen-bond donors (Lipinski definition) is 3. The molecule has 7 nitrogen and oxygen atoms in total. The zero-order valence-electron chi connectivity index (χ0n) is 19.5. The van der Waals surface area contributed by atoms with E-state index in [1.54, 1.807) is 0 Å². The van der Waals surface area contributed by atoms with Gasteiger partial charge in [-0.05, 0) is 48.0 Å². The minimum Gasteiger partial charge on any atom is -0.375 e. The molecule has 0 saturated carbocycles. The lowest BCUT2D eigenvalue weighted by molar-refractivity contribution is -0.258. The van der Waals surface area contributed by atoms with Crippen molar-refractivity contribution < 1.29 is 36.6 Å². The molecule has 2 aliphatic rings. The van der Waals surface area contributed by atoms with Gasteiger partial charge in [-0.1, -0.05) is 17.7 Å². The predicted molar refractivity (Wildman–Crippen MR) is 129 cm³/mol. The van der Waals surface area contributed by atoms with Crippen LogP contribution in [0.3, 0.4) is 0 Å². The molecule has 0 aliphatic carbocycles. The number of aliphatic hydroxyl groups is 1. The van der Waals surface area contributed by atoms with Gasteiger partial charge >= 0.3 is 12.2 Å². The first kappa shape index (κ1) is 26.4. The monoisotopic (exact) mass is 562 g/mol. The van der Waals surface area contributed by atoms with Gasteiger partial charge in [-0.3, -0.25) is 9.69 Å². The van der Waals surface area contributed by atoms with Crippen LogP contribution in [0.1, 0.15) is 38.7 Å². The van der Waals surface area contributed by atoms with Crippen LogP contribution in [0.5, 0.6) is 0 Å². The van der Waals surface area contributed by atoms with Crippen LogP contribution < -0.4 is 15.5 Å². The summed E-state index contributed by atoms with van der Waals surface area (Å²) < 4.78 is 69.4. The molecule has 2 heterocycles. The topological polar surface area (TPSA) is 105 Å². The molecular weight excluding hydrogens is 547 g/mol. The van der Waals surface area contributed by atoms with E-state index in [2.05, 4.69) is 10.6 Å². The number of hydrogen-bond acceptors (Lipinski definition) is 4. The summed E-state index contributed by atoms with van der Waals surface area (Å²) in [6.07, 6.45) is -5.42. The zero-order valence-corrected chi connectivity index (χ0v) is 20.3. The van der Waals surface area contributed by atoms with Gasteiger partial charge in [0.2, 0.25) is 5.60 Å². The van der Waals surface area contributed by atoms with E-state index in [0.717, 1.165) is 24.3 Å². The highest BCUT2D eigenvalue weighted by atomic mass is 35.5. The number of fused-ring (bicyclic) bond motifs is 2. The normalized spacial score (nSPS) is 19.8. The molecule has 2 atom stereocenters. The lowest BCUT2D eigenvalue weighted by Gasteiger charge is -2.27.